The van der Waals surface area contributed by atoms with Crippen molar-refractivity contribution in [2.24, 2.45) is 4.99 Å². The fourth-order valence-electron chi connectivity index (χ4n) is 3.68. The van der Waals surface area contributed by atoms with Crippen LogP contribution in [0.5, 0.6) is 0 Å². The summed E-state index contributed by atoms with van der Waals surface area (Å²) in [6.45, 7) is 3.24. The van der Waals surface area contributed by atoms with E-state index >= 15 is 0 Å². The number of para-hydroxylation sites is 2. The molecular formula is C22H25IN4O2. The van der Waals surface area contributed by atoms with Crippen LogP contribution in [0.2, 0.25) is 0 Å². The molecule has 0 saturated heterocycles. The number of aliphatic imine (C=N–C) groups is 1. The molecule has 0 saturated carbocycles. The molecule has 0 aliphatic carbocycles. The summed E-state index contributed by atoms with van der Waals surface area (Å²) < 4.78 is 5.95. The fourth-order valence-corrected chi connectivity index (χ4v) is 3.68. The summed E-state index contributed by atoms with van der Waals surface area (Å²) in [5.74, 6) is 1.73. The third-order valence-corrected chi connectivity index (χ3v) is 5.20. The second-order valence-electron chi connectivity index (χ2n) is 6.99. The zero-order valence-corrected chi connectivity index (χ0v) is 18.8. The van der Waals surface area contributed by atoms with Gasteiger partial charge >= 0.3 is 0 Å². The maximum absolute atomic E-state index is 12.0. The monoisotopic (exact) mass is 504 g/mol. The molecular weight excluding hydrogens is 479 g/mol. The van der Waals surface area contributed by atoms with Gasteiger partial charge in [-0.3, -0.25) is 9.79 Å². The third kappa shape index (κ3) is 4.55. The zero-order chi connectivity index (χ0) is 19.5. The van der Waals surface area contributed by atoms with Crippen LogP contribution in [0.4, 0.5) is 5.69 Å². The van der Waals surface area contributed by atoms with E-state index in [0.29, 0.717) is 25.5 Å². The molecule has 0 bridgehead atoms. The SMILES string of the molecule is CN=C(NCc1oc2ccccc2c1C)NCC1CC(=O)Nc2ccccc21.I. The third-order valence-electron chi connectivity index (χ3n) is 5.20. The van der Waals surface area contributed by atoms with Gasteiger partial charge in [-0.15, -0.1) is 24.0 Å². The predicted molar refractivity (Wildman–Crippen MR) is 127 cm³/mol. The number of carbonyl (C=O) groups excluding carboxylic acids is 1. The number of rotatable bonds is 4. The topological polar surface area (TPSA) is 78.7 Å². The Morgan fingerprint density at radius 3 is 2.72 bits per heavy atom. The Labute approximate surface area is 187 Å². The van der Waals surface area contributed by atoms with Crippen molar-refractivity contribution >= 4 is 52.5 Å². The lowest BCUT2D eigenvalue weighted by Crippen LogP contribution is -2.40. The Morgan fingerprint density at radius 2 is 1.93 bits per heavy atom. The van der Waals surface area contributed by atoms with Gasteiger partial charge in [0.1, 0.15) is 11.3 Å². The summed E-state index contributed by atoms with van der Waals surface area (Å²) in [6.07, 6.45) is 0.462. The van der Waals surface area contributed by atoms with E-state index in [-0.39, 0.29) is 35.8 Å². The van der Waals surface area contributed by atoms with Crippen molar-refractivity contribution in [1.29, 1.82) is 0 Å². The van der Waals surface area contributed by atoms with Crippen molar-refractivity contribution in [3.05, 3.63) is 65.4 Å². The minimum absolute atomic E-state index is 0. The second-order valence-corrected chi connectivity index (χ2v) is 6.99. The van der Waals surface area contributed by atoms with Gasteiger partial charge in [0.2, 0.25) is 5.91 Å². The Bertz CT molecular complexity index is 1040. The average Bonchev–Trinajstić information content (AvgIpc) is 3.04. The van der Waals surface area contributed by atoms with E-state index in [2.05, 4.69) is 40.0 Å². The molecule has 0 spiro atoms. The highest BCUT2D eigenvalue weighted by Gasteiger charge is 2.24. The van der Waals surface area contributed by atoms with Gasteiger partial charge in [-0.1, -0.05) is 36.4 Å². The van der Waals surface area contributed by atoms with Crippen LogP contribution in [0.1, 0.15) is 29.2 Å². The van der Waals surface area contributed by atoms with Gasteiger partial charge in [0.15, 0.2) is 5.96 Å². The van der Waals surface area contributed by atoms with E-state index in [1.807, 2.05) is 36.4 Å². The van der Waals surface area contributed by atoms with Crippen molar-refractivity contribution in [3.63, 3.8) is 0 Å². The molecule has 2 heterocycles. The molecule has 0 radical (unpaired) electrons. The van der Waals surface area contributed by atoms with E-state index in [9.17, 15) is 4.79 Å². The average molecular weight is 504 g/mol. The molecule has 6 nitrogen and oxygen atoms in total. The molecule has 4 rings (SSSR count). The summed E-state index contributed by atoms with van der Waals surface area (Å²) in [4.78, 5) is 16.3. The minimum atomic E-state index is 0. The number of nitrogens with one attached hydrogen (secondary N) is 3. The summed E-state index contributed by atoms with van der Waals surface area (Å²) in [7, 11) is 1.74. The van der Waals surface area contributed by atoms with Crippen molar-refractivity contribution in [1.82, 2.24) is 10.6 Å². The van der Waals surface area contributed by atoms with E-state index in [1.54, 1.807) is 7.05 Å². The second kappa shape index (κ2) is 9.30. The Kier molecular flexibility index (Phi) is 6.79. The maximum atomic E-state index is 12.0. The molecule has 1 atom stereocenters. The van der Waals surface area contributed by atoms with E-state index in [1.165, 1.54) is 0 Å². The number of amides is 1. The molecule has 7 heteroatoms. The van der Waals surface area contributed by atoms with Gasteiger partial charge in [0, 0.05) is 42.6 Å². The van der Waals surface area contributed by atoms with Crippen molar-refractivity contribution in [3.8, 4) is 0 Å². The Balaban J connectivity index is 0.00000240. The molecule has 1 amide bonds. The number of carbonyl (C=O) groups is 1. The standard InChI is InChI=1S/C22H24N4O2.HI/c1-14-16-7-4-6-10-19(16)28-20(14)13-25-22(23-2)24-12-15-11-21(27)26-18-9-5-3-8-17(15)18;/h3-10,15H,11-13H2,1-2H3,(H,26,27)(H2,23,24,25);1H. The van der Waals surface area contributed by atoms with Crippen LogP contribution in [0.3, 0.4) is 0 Å². The number of hydrogen-bond acceptors (Lipinski definition) is 3. The van der Waals surface area contributed by atoms with Crippen LogP contribution >= 0.6 is 24.0 Å². The quantitative estimate of drug-likeness (QED) is 0.284. The molecule has 1 aromatic heterocycles. The number of aryl methyl sites for hydroxylation is 1. The molecule has 1 aliphatic heterocycles. The molecule has 1 unspecified atom stereocenters. The number of furan rings is 1. The molecule has 0 fully saturated rings. The number of anilines is 1. The maximum Gasteiger partial charge on any atom is 0.225 e. The highest BCUT2D eigenvalue weighted by molar-refractivity contribution is 14.0. The van der Waals surface area contributed by atoms with Crippen molar-refractivity contribution in [2.45, 2.75) is 25.8 Å². The summed E-state index contributed by atoms with van der Waals surface area (Å²) in [5, 5.41) is 10.7. The first-order valence-corrected chi connectivity index (χ1v) is 9.46. The van der Waals surface area contributed by atoms with Gasteiger partial charge in [0.05, 0.1) is 6.54 Å². The van der Waals surface area contributed by atoms with Crippen LogP contribution in [0.15, 0.2) is 57.9 Å². The van der Waals surface area contributed by atoms with E-state index in [0.717, 1.165) is 33.5 Å². The van der Waals surface area contributed by atoms with Crippen LogP contribution < -0.4 is 16.0 Å². The molecule has 152 valence electrons. The molecule has 29 heavy (non-hydrogen) atoms. The molecule has 3 aromatic rings. The van der Waals surface area contributed by atoms with Gasteiger partial charge in [0.25, 0.3) is 0 Å². The first-order valence-electron chi connectivity index (χ1n) is 9.46. The molecule has 2 aromatic carbocycles. The number of hydrogen-bond donors (Lipinski definition) is 3. The number of benzene rings is 2. The Hall–Kier alpha value is -2.55. The summed E-state index contributed by atoms with van der Waals surface area (Å²) >= 11 is 0. The smallest absolute Gasteiger partial charge is 0.225 e. The van der Waals surface area contributed by atoms with Crippen molar-refractivity contribution < 1.29 is 9.21 Å². The van der Waals surface area contributed by atoms with Crippen LogP contribution in [0, 0.1) is 6.92 Å². The van der Waals surface area contributed by atoms with Crippen LogP contribution in [-0.4, -0.2) is 25.5 Å². The van der Waals surface area contributed by atoms with E-state index < -0.39 is 0 Å². The predicted octanol–water partition coefficient (Wildman–Crippen LogP) is 4.15. The normalized spacial score (nSPS) is 16.0. The van der Waals surface area contributed by atoms with Crippen LogP contribution in [0.25, 0.3) is 11.0 Å². The molecule has 1 aliphatic rings. The lowest BCUT2D eigenvalue weighted by molar-refractivity contribution is -0.116. The molecule has 3 N–H and O–H groups in total. The number of halogens is 1. The lowest BCUT2D eigenvalue weighted by Gasteiger charge is -2.26. The number of fused-ring (bicyclic) bond motifs is 2. The minimum Gasteiger partial charge on any atom is -0.459 e. The summed E-state index contributed by atoms with van der Waals surface area (Å²) in [6, 6.07) is 16.0. The van der Waals surface area contributed by atoms with Crippen LogP contribution in [-0.2, 0) is 11.3 Å². The Morgan fingerprint density at radius 1 is 1.17 bits per heavy atom. The highest BCUT2D eigenvalue weighted by Crippen LogP contribution is 2.31. The fraction of sp³-hybridized carbons (Fsp3) is 0.273. The van der Waals surface area contributed by atoms with Gasteiger partial charge in [-0.25, -0.2) is 0 Å². The first kappa shape index (κ1) is 21.2. The number of guanidine groups is 1. The highest BCUT2D eigenvalue weighted by atomic mass is 127. The van der Waals surface area contributed by atoms with Gasteiger partial charge < -0.3 is 20.4 Å². The summed E-state index contributed by atoms with van der Waals surface area (Å²) in [5.41, 5.74) is 4.07. The largest absolute Gasteiger partial charge is 0.459 e. The lowest BCUT2D eigenvalue weighted by atomic mass is 9.90. The number of nitrogens with zero attached hydrogens (tertiary/aromatic N) is 1. The van der Waals surface area contributed by atoms with E-state index in [4.69, 9.17) is 4.42 Å². The first-order chi connectivity index (χ1) is 13.7. The van der Waals surface area contributed by atoms with Gasteiger partial charge in [-0.05, 0) is 24.6 Å². The van der Waals surface area contributed by atoms with Crippen molar-refractivity contribution in [2.75, 3.05) is 18.9 Å². The van der Waals surface area contributed by atoms with Gasteiger partial charge in [-0.2, -0.15) is 0 Å². The zero-order valence-electron chi connectivity index (χ0n) is 16.5.